The third kappa shape index (κ3) is 2.30. The first-order valence-corrected chi connectivity index (χ1v) is 4.32. The molecule has 0 aliphatic heterocycles. The summed E-state index contributed by atoms with van der Waals surface area (Å²) < 4.78 is 0. The van der Waals surface area contributed by atoms with Gasteiger partial charge in [0, 0.05) is 0 Å². The summed E-state index contributed by atoms with van der Waals surface area (Å²) in [6.45, 7) is 4.08. The molecule has 1 aromatic rings. The molecule has 1 N–H and O–H groups in total. The molecule has 1 atom stereocenters. The maximum absolute atomic E-state index is 8.85. The van der Waals surface area contributed by atoms with Crippen molar-refractivity contribution in [3.8, 4) is 6.07 Å². The van der Waals surface area contributed by atoms with Crippen molar-refractivity contribution in [1.29, 1.82) is 5.26 Å². The van der Waals surface area contributed by atoms with Crippen molar-refractivity contribution in [2.45, 2.75) is 19.9 Å². The van der Waals surface area contributed by atoms with Crippen LogP contribution in [0.5, 0.6) is 0 Å². The van der Waals surface area contributed by atoms with Gasteiger partial charge in [0.25, 0.3) is 0 Å². The van der Waals surface area contributed by atoms with Crippen LogP contribution in [0, 0.1) is 25.2 Å². The van der Waals surface area contributed by atoms with Crippen LogP contribution in [0.15, 0.2) is 18.2 Å². The van der Waals surface area contributed by atoms with E-state index in [1.165, 1.54) is 11.1 Å². The molecule has 0 aliphatic carbocycles. The van der Waals surface area contributed by atoms with E-state index in [0.29, 0.717) is 0 Å². The second kappa shape index (κ2) is 4.06. The number of hydrogen-bond donors (Lipinski definition) is 1. The zero-order chi connectivity index (χ0) is 9.84. The first-order chi connectivity index (χ1) is 6.17. The van der Waals surface area contributed by atoms with E-state index in [0.717, 1.165) is 5.56 Å². The lowest BCUT2D eigenvalue weighted by Crippen LogP contribution is -2.14. The third-order valence-corrected chi connectivity index (χ3v) is 2.00. The minimum atomic E-state index is -0.196. The molecule has 0 saturated carbocycles. The van der Waals surface area contributed by atoms with Crippen molar-refractivity contribution < 1.29 is 0 Å². The Morgan fingerprint density at radius 2 is 1.77 bits per heavy atom. The second-order valence-corrected chi connectivity index (χ2v) is 3.27. The van der Waals surface area contributed by atoms with Gasteiger partial charge < -0.3 is 5.32 Å². The fraction of sp³-hybridized carbons (Fsp3) is 0.364. The molecule has 1 aromatic carbocycles. The highest BCUT2D eigenvalue weighted by atomic mass is 14.9. The van der Waals surface area contributed by atoms with Crippen LogP contribution in [0.2, 0.25) is 0 Å². The highest BCUT2D eigenvalue weighted by Gasteiger charge is 2.07. The Balaban J connectivity index is 3.08. The summed E-state index contributed by atoms with van der Waals surface area (Å²) >= 11 is 0. The zero-order valence-electron chi connectivity index (χ0n) is 8.26. The lowest BCUT2D eigenvalue weighted by atomic mass is 10.0. The molecule has 1 rings (SSSR count). The van der Waals surface area contributed by atoms with Gasteiger partial charge in [-0.3, -0.25) is 0 Å². The molecule has 0 aliphatic rings. The number of rotatable bonds is 2. The predicted molar refractivity (Wildman–Crippen MR) is 53.3 cm³/mol. The molecule has 0 amide bonds. The van der Waals surface area contributed by atoms with Gasteiger partial charge in [-0.15, -0.1) is 0 Å². The molecule has 2 nitrogen and oxygen atoms in total. The van der Waals surface area contributed by atoms with E-state index in [1.807, 2.05) is 26.0 Å². The topological polar surface area (TPSA) is 35.8 Å². The summed E-state index contributed by atoms with van der Waals surface area (Å²) in [5.41, 5.74) is 3.44. The summed E-state index contributed by atoms with van der Waals surface area (Å²) in [6, 6.07) is 8.20. The molecule has 0 radical (unpaired) electrons. The number of nitrogens with one attached hydrogen (secondary N) is 1. The van der Waals surface area contributed by atoms with E-state index >= 15 is 0 Å². The minimum Gasteiger partial charge on any atom is -0.301 e. The number of hydrogen-bond acceptors (Lipinski definition) is 2. The van der Waals surface area contributed by atoms with Crippen LogP contribution in [0.4, 0.5) is 0 Å². The number of nitriles is 1. The van der Waals surface area contributed by atoms with Gasteiger partial charge in [0.1, 0.15) is 6.04 Å². The molecule has 0 spiro atoms. The number of aryl methyl sites for hydroxylation is 2. The van der Waals surface area contributed by atoms with Gasteiger partial charge in [0.05, 0.1) is 6.07 Å². The molecule has 0 saturated heterocycles. The quantitative estimate of drug-likeness (QED) is 0.745. The Morgan fingerprint density at radius 1 is 1.23 bits per heavy atom. The maximum atomic E-state index is 8.85. The Labute approximate surface area is 79.2 Å². The number of benzene rings is 1. The summed E-state index contributed by atoms with van der Waals surface area (Å²) in [7, 11) is 1.80. The minimum absolute atomic E-state index is 0.196. The van der Waals surface area contributed by atoms with Crippen molar-refractivity contribution in [2.24, 2.45) is 0 Å². The predicted octanol–water partition coefficient (Wildman–Crippen LogP) is 2.09. The first-order valence-electron chi connectivity index (χ1n) is 4.32. The first kappa shape index (κ1) is 9.76. The average Bonchev–Trinajstić information content (AvgIpc) is 2.04. The molecular formula is C11H14N2. The summed E-state index contributed by atoms with van der Waals surface area (Å²) in [5.74, 6) is 0. The standard InChI is InChI=1S/C11H14N2/c1-8-4-9(2)6-10(5-8)11(7-12)13-3/h4-6,11,13H,1-3H3. The highest BCUT2D eigenvalue weighted by Crippen LogP contribution is 2.15. The number of nitrogens with zero attached hydrogens (tertiary/aromatic N) is 1. The Morgan fingerprint density at radius 3 is 2.15 bits per heavy atom. The van der Waals surface area contributed by atoms with Gasteiger partial charge in [-0.1, -0.05) is 29.3 Å². The summed E-state index contributed by atoms with van der Waals surface area (Å²) in [5, 5.41) is 11.8. The van der Waals surface area contributed by atoms with Crippen molar-refractivity contribution in [3.63, 3.8) is 0 Å². The van der Waals surface area contributed by atoms with E-state index in [-0.39, 0.29) is 6.04 Å². The third-order valence-electron chi connectivity index (χ3n) is 2.00. The average molecular weight is 174 g/mol. The maximum Gasteiger partial charge on any atom is 0.121 e. The zero-order valence-corrected chi connectivity index (χ0v) is 8.26. The van der Waals surface area contributed by atoms with Crippen LogP contribution in [-0.4, -0.2) is 7.05 Å². The van der Waals surface area contributed by atoms with Crippen LogP contribution in [-0.2, 0) is 0 Å². The Kier molecular flexibility index (Phi) is 3.05. The highest BCUT2D eigenvalue weighted by molar-refractivity contribution is 5.33. The van der Waals surface area contributed by atoms with Gasteiger partial charge in [-0.25, -0.2) is 0 Å². The Hall–Kier alpha value is -1.33. The van der Waals surface area contributed by atoms with Crippen molar-refractivity contribution in [2.75, 3.05) is 7.05 Å². The molecule has 1 unspecified atom stereocenters. The van der Waals surface area contributed by atoms with Crippen LogP contribution >= 0.6 is 0 Å². The molecule has 13 heavy (non-hydrogen) atoms. The summed E-state index contributed by atoms with van der Waals surface area (Å²) in [4.78, 5) is 0. The smallest absolute Gasteiger partial charge is 0.121 e. The van der Waals surface area contributed by atoms with Crippen LogP contribution in [0.1, 0.15) is 22.7 Å². The lowest BCUT2D eigenvalue weighted by Gasteiger charge is -2.09. The molecular weight excluding hydrogens is 160 g/mol. The van der Waals surface area contributed by atoms with Gasteiger partial charge >= 0.3 is 0 Å². The van der Waals surface area contributed by atoms with E-state index < -0.39 is 0 Å². The fourth-order valence-electron chi connectivity index (χ4n) is 1.48. The summed E-state index contributed by atoms with van der Waals surface area (Å²) in [6.07, 6.45) is 0. The van der Waals surface area contributed by atoms with Gasteiger partial charge in [0.2, 0.25) is 0 Å². The van der Waals surface area contributed by atoms with E-state index in [2.05, 4.69) is 17.5 Å². The SMILES string of the molecule is CNC(C#N)c1cc(C)cc(C)c1. The molecule has 0 bridgehead atoms. The van der Waals surface area contributed by atoms with Crippen LogP contribution in [0.3, 0.4) is 0 Å². The fourth-order valence-corrected chi connectivity index (χ4v) is 1.48. The molecule has 0 aromatic heterocycles. The van der Waals surface area contributed by atoms with Crippen LogP contribution < -0.4 is 5.32 Å². The van der Waals surface area contributed by atoms with Gasteiger partial charge in [-0.2, -0.15) is 5.26 Å². The molecule has 68 valence electrons. The van der Waals surface area contributed by atoms with E-state index in [9.17, 15) is 0 Å². The monoisotopic (exact) mass is 174 g/mol. The second-order valence-electron chi connectivity index (χ2n) is 3.27. The largest absolute Gasteiger partial charge is 0.301 e. The van der Waals surface area contributed by atoms with E-state index in [1.54, 1.807) is 7.05 Å². The van der Waals surface area contributed by atoms with Gasteiger partial charge in [0.15, 0.2) is 0 Å². The Bertz CT molecular complexity index is 316. The molecule has 0 fully saturated rings. The van der Waals surface area contributed by atoms with Gasteiger partial charge in [-0.05, 0) is 26.5 Å². The van der Waals surface area contributed by atoms with Crippen molar-refractivity contribution >= 4 is 0 Å². The van der Waals surface area contributed by atoms with Crippen LogP contribution in [0.25, 0.3) is 0 Å². The van der Waals surface area contributed by atoms with Crippen molar-refractivity contribution in [1.82, 2.24) is 5.32 Å². The normalized spacial score (nSPS) is 12.2. The van der Waals surface area contributed by atoms with Crippen molar-refractivity contribution in [3.05, 3.63) is 34.9 Å². The van der Waals surface area contributed by atoms with E-state index in [4.69, 9.17) is 5.26 Å². The lowest BCUT2D eigenvalue weighted by molar-refractivity contribution is 0.726. The molecule has 0 heterocycles. The molecule has 2 heteroatoms.